The van der Waals surface area contributed by atoms with Crippen LogP contribution in [0.15, 0.2) is 72.8 Å². The Morgan fingerprint density at radius 2 is 0.906 bits per heavy atom. The first-order chi connectivity index (χ1) is 15.3. The predicted octanol–water partition coefficient (Wildman–Crippen LogP) is 8.63. The Hall–Kier alpha value is -2.52. The highest BCUT2D eigenvalue weighted by molar-refractivity contribution is 7.91. The van der Waals surface area contributed by atoms with Gasteiger partial charge in [0.25, 0.3) is 0 Å². The maximum absolute atomic E-state index is 2.32. The van der Waals surface area contributed by atoms with Gasteiger partial charge in [-0.15, -0.1) is 0 Å². The van der Waals surface area contributed by atoms with Gasteiger partial charge in [0.1, 0.15) is 0 Å². The zero-order valence-corrected chi connectivity index (χ0v) is 21.6. The van der Waals surface area contributed by atoms with Crippen LogP contribution in [0.3, 0.4) is 0 Å². The van der Waals surface area contributed by atoms with Gasteiger partial charge in [-0.2, -0.15) is 0 Å². The minimum atomic E-state index is 1.31. The van der Waals surface area contributed by atoms with Gasteiger partial charge in [-0.25, -0.2) is 0 Å². The van der Waals surface area contributed by atoms with Gasteiger partial charge in [-0.3, -0.25) is 0 Å². The molecule has 0 fully saturated rings. The molecule has 0 aliphatic rings. The largest absolute Gasteiger partial charge is 0.0622 e. The van der Waals surface area contributed by atoms with Crippen LogP contribution in [-0.4, -0.2) is 0 Å². The fourth-order valence-corrected chi connectivity index (χ4v) is 7.67. The highest BCUT2D eigenvalue weighted by Crippen LogP contribution is 2.37. The van der Waals surface area contributed by atoms with Crippen molar-refractivity contribution >= 4 is 26.3 Å². The molecular weight excluding hydrogens is 422 g/mol. The van der Waals surface area contributed by atoms with E-state index in [0.717, 1.165) is 0 Å². The van der Waals surface area contributed by atoms with Gasteiger partial charge in [0, 0.05) is 10.6 Å². The van der Waals surface area contributed by atoms with E-state index in [1.807, 2.05) is 0 Å². The molecule has 0 aliphatic carbocycles. The van der Waals surface area contributed by atoms with Crippen molar-refractivity contribution in [2.24, 2.45) is 0 Å². The van der Waals surface area contributed by atoms with E-state index in [-0.39, 0.29) is 0 Å². The van der Waals surface area contributed by atoms with Crippen LogP contribution in [-0.2, 0) is 0 Å². The minimum Gasteiger partial charge on any atom is -0.0622 e. The molecule has 0 bridgehead atoms. The van der Waals surface area contributed by atoms with Crippen molar-refractivity contribution in [2.75, 3.05) is 0 Å². The second-order valence-corrected chi connectivity index (χ2v) is 11.3. The van der Waals surface area contributed by atoms with Crippen LogP contribution < -0.4 is 10.6 Å². The lowest BCUT2D eigenvalue weighted by atomic mass is 9.89. The lowest BCUT2D eigenvalue weighted by Gasteiger charge is -2.19. The van der Waals surface area contributed by atoms with Crippen molar-refractivity contribution in [1.82, 2.24) is 0 Å². The van der Waals surface area contributed by atoms with Crippen LogP contribution >= 0.6 is 15.7 Å². The molecule has 32 heavy (non-hydrogen) atoms. The molecule has 0 aliphatic heterocycles. The van der Waals surface area contributed by atoms with Crippen molar-refractivity contribution < 1.29 is 0 Å². The van der Waals surface area contributed by atoms with E-state index in [4.69, 9.17) is 0 Å². The van der Waals surface area contributed by atoms with Crippen molar-refractivity contribution in [3.05, 3.63) is 106 Å². The van der Waals surface area contributed by atoms with Gasteiger partial charge in [0.2, 0.25) is 0 Å². The Morgan fingerprint density at radius 3 is 1.34 bits per heavy atom. The van der Waals surface area contributed by atoms with Gasteiger partial charge >= 0.3 is 0 Å². The first-order valence-corrected chi connectivity index (χ1v) is 13.6. The van der Waals surface area contributed by atoms with Crippen LogP contribution in [0, 0.1) is 41.5 Å². The highest BCUT2D eigenvalue weighted by atomic mass is 31.7. The maximum atomic E-state index is 2.32. The fourth-order valence-electron chi connectivity index (χ4n) is 4.87. The molecule has 0 amide bonds. The third-order valence-corrected chi connectivity index (χ3v) is 8.85. The van der Waals surface area contributed by atoms with Crippen molar-refractivity contribution in [3.63, 3.8) is 0 Å². The molecule has 0 unspecified atom stereocenters. The molecule has 0 atom stereocenters. The molecule has 4 aromatic carbocycles. The number of hydrogen-bond donors (Lipinski definition) is 0. The number of aryl methyl sites for hydroxylation is 6. The van der Waals surface area contributed by atoms with Crippen LogP contribution in [0.5, 0.6) is 0 Å². The molecule has 0 saturated heterocycles. The van der Waals surface area contributed by atoms with Gasteiger partial charge in [-0.1, -0.05) is 83.9 Å². The molecule has 4 aromatic rings. The molecule has 0 aromatic heterocycles. The predicted molar refractivity (Wildman–Crippen MR) is 145 cm³/mol. The quantitative estimate of drug-likeness (QED) is 0.272. The number of benzene rings is 4. The Labute approximate surface area is 196 Å². The summed E-state index contributed by atoms with van der Waals surface area (Å²) in [5, 5.41) is 2.77. The van der Waals surface area contributed by atoms with Crippen LogP contribution in [0.4, 0.5) is 0 Å². The lowest BCUT2D eigenvalue weighted by molar-refractivity contribution is 1.32. The summed E-state index contributed by atoms with van der Waals surface area (Å²) in [6.07, 6.45) is 0. The van der Waals surface area contributed by atoms with Crippen molar-refractivity contribution in [2.45, 2.75) is 41.5 Å². The second kappa shape index (κ2) is 9.54. The highest BCUT2D eigenvalue weighted by Gasteiger charge is 2.17. The monoisotopic (exact) mass is 452 g/mol. The van der Waals surface area contributed by atoms with E-state index < -0.39 is 0 Å². The zero-order chi connectivity index (χ0) is 22.8. The second-order valence-electron chi connectivity index (χ2n) is 8.78. The van der Waals surface area contributed by atoms with Crippen LogP contribution in [0.25, 0.3) is 22.3 Å². The van der Waals surface area contributed by atoms with E-state index in [1.165, 1.54) is 82.0 Å². The molecule has 4 rings (SSSR count). The topological polar surface area (TPSA) is 0 Å². The SMILES string of the molecule is Cc1cc(C)c(-c2cccc(-c3c(C)cc(C)cc3C)c2P=Pc2ccccc2)c(C)c1. The Morgan fingerprint density at radius 1 is 0.469 bits per heavy atom. The minimum absolute atomic E-state index is 1.31. The average Bonchev–Trinajstić information content (AvgIpc) is 2.72. The van der Waals surface area contributed by atoms with E-state index >= 15 is 0 Å². The Balaban J connectivity index is 2.02. The zero-order valence-electron chi connectivity index (χ0n) is 19.8. The van der Waals surface area contributed by atoms with Gasteiger partial charge in [-0.05, 0) is 102 Å². The third-order valence-electron chi connectivity index (χ3n) is 5.95. The lowest BCUT2D eigenvalue weighted by Crippen LogP contribution is -2.07. The Kier molecular flexibility index (Phi) is 6.76. The molecule has 0 N–H and O–H groups in total. The first-order valence-electron chi connectivity index (χ1n) is 11.1. The van der Waals surface area contributed by atoms with E-state index in [0.29, 0.717) is 0 Å². The molecule has 0 nitrogen and oxygen atoms in total. The molecule has 0 radical (unpaired) electrons. The molecule has 2 heteroatoms. The summed E-state index contributed by atoms with van der Waals surface area (Å²) in [5.41, 5.74) is 13.5. The summed E-state index contributed by atoms with van der Waals surface area (Å²) in [7, 11) is 2.61. The summed E-state index contributed by atoms with van der Waals surface area (Å²) in [6, 6.07) is 26.9. The van der Waals surface area contributed by atoms with Gasteiger partial charge in [0.15, 0.2) is 0 Å². The van der Waals surface area contributed by atoms with Gasteiger partial charge < -0.3 is 0 Å². The standard InChI is InChI=1S/C30H30P2/c1-19-15-21(3)28(22(4)16-19)26-13-10-14-27(29-23(5)17-20(2)18-24(29)6)30(26)32-31-25-11-8-7-9-12-25/h7-18H,1-6H3. The van der Waals surface area contributed by atoms with E-state index in [9.17, 15) is 0 Å². The normalized spacial score (nSPS) is 11.3. The van der Waals surface area contributed by atoms with Crippen LogP contribution in [0.1, 0.15) is 33.4 Å². The molecular formula is C30H30P2. The number of rotatable bonds is 4. The van der Waals surface area contributed by atoms with E-state index in [1.54, 1.807) is 0 Å². The summed E-state index contributed by atoms with van der Waals surface area (Å²) in [6.45, 7) is 13.4. The average molecular weight is 453 g/mol. The molecule has 0 heterocycles. The third kappa shape index (κ3) is 4.63. The summed E-state index contributed by atoms with van der Waals surface area (Å²) >= 11 is 0. The number of hydrogen-bond acceptors (Lipinski definition) is 0. The molecule has 160 valence electrons. The van der Waals surface area contributed by atoms with Gasteiger partial charge in [0.05, 0.1) is 0 Å². The van der Waals surface area contributed by atoms with Crippen molar-refractivity contribution in [1.29, 1.82) is 0 Å². The Bertz CT molecular complexity index is 1190. The molecule has 0 spiro atoms. The fraction of sp³-hybridized carbons (Fsp3) is 0.200. The first kappa shape index (κ1) is 22.7. The summed E-state index contributed by atoms with van der Waals surface area (Å²) < 4.78 is 0. The van der Waals surface area contributed by atoms with E-state index in [2.05, 4.69) is 114 Å². The van der Waals surface area contributed by atoms with Crippen molar-refractivity contribution in [3.8, 4) is 22.3 Å². The smallest absolute Gasteiger partial charge is 0.0221 e. The maximum Gasteiger partial charge on any atom is 0.0221 e. The molecule has 0 saturated carbocycles. The summed E-state index contributed by atoms with van der Waals surface area (Å²) in [5.74, 6) is 0. The van der Waals surface area contributed by atoms with Crippen LogP contribution in [0.2, 0.25) is 0 Å². The summed E-state index contributed by atoms with van der Waals surface area (Å²) in [4.78, 5) is 0.